The summed E-state index contributed by atoms with van der Waals surface area (Å²) in [6, 6.07) is 0. The minimum atomic E-state index is -3.16. The van der Waals surface area contributed by atoms with Crippen molar-refractivity contribution in [3.05, 3.63) is 11.7 Å². The molecular formula is C13H23N3O5S. The summed E-state index contributed by atoms with van der Waals surface area (Å²) in [7, 11) is -1.54. The number of aromatic nitrogens is 2. The maximum atomic E-state index is 11.9. The Kier molecular flexibility index (Phi) is 6.30. The Morgan fingerprint density at radius 2 is 2.27 bits per heavy atom. The lowest BCUT2D eigenvalue weighted by molar-refractivity contribution is -0.00293. The van der Waals surface area contributed by atoms with Crippen LogP contribution in [0, 0.1) is 0 Å². The molecule has 1 saturated heterocycles. The lowest BCUT2D eigenvalue weighted by Crippen LogP contribution is -2.43. The zero-order valence-corrected chi connectivity index (χ0v) is 13.8. The molecule has 2 rings (SSSR count). The normalized spacial score (nSPS) is 20.4. The van der Waals surface area contributed by atoms with Crippen LogP contribution in [-0.2, 0) is 32.5 Å². The molecule has 1 fully saturated rings. The molecule has 0 aliphatic carbocycles. The molecule has 1 aromatic heterocycles. The summed E-state index contributed by atoms with van der Waals surface area (Å²) in [6.45, 7) is 3.34. The molecule has 1 aromatic rings. The van der Waals surface area contributed by atoms with Gasteiger partial charge in [0, 0.05) is 26.6 Å². The molecule has 8 nitrogen and oxygen atoms in total. The molecule has 0 bridgehead atoms. The van der Waals surface area contributed by atoms with Gasteiger partial charge in [-0.25, -0.2) is 8.42 Å². The Morgan fingerprint density at radius 3 is 3.00 bits per heavy atom. The molecule has 9 heteroatoms. The molecule has 22 heavy (non-hydrogen) atoms. The summed E-state index contributed by atoms with van der Waals surface area (Å²) in [5, 5.41) is 3.83. The molecule has 0 unspecified atom stereocenters. The summed E-state index contributed by atoms with van der Waals surface area (Å²) >= 11 is 0. The summed E-state index contributed by atoms with van der Waals surface area (Å²) in [4.78, 5) is 4.20. The molecule has 0 spiro atoms. The van der Waals surface area contributed by atoms with Gasteiger partial charge in [-0.2, -0.15) is 9.29 Å². The van der Waals surface area contributed by atoms with Gasteiger partial charge in [-0.15, -0.1) is 0 Å². The third-order valence-corrected chi connectivity index (χ3v) is 5.43. The quantitative estimate of drug-likeness (QED) is 0.687. The maximum absolute atomic E-state index is 11.9. The zero-order chi connectivity index (χ0) is 16.0. The molecule has 1 atom stereocenters. The highest BCUT2D eigenvalue weighted by molar-refractivity contribution is 7.89. The van der Waals surface area contributed by atoms with Crippen LogP contribution < -0.4 is 0 Å². The largest absolute Gasteiger partial charge is 0.384 e. The Balaban J connectivity index is 1.82. The van der Waals surface area contributed by atoms with Gasteiger partial charge in [-0.05, 0) is 19.8 Å². The summed E-state index contributed by atoms with van der Waals surface area (Å²) in [5.41, 5.74) is 0. The van der Waals surface area contributed by atoms with Crippen LogP contribution >= 0.6 is 0 Å². The summed E-state index contributed by atoms with van der Waals surface area (Å²) in [6.07, 6.45) is 2.09. The first-order valence-electron chi connectivity index (χ1n) is 7.45. The Labute approximate surface area is 130 Å². The van der Waals surface area contributed by atoms with Gasteiger partial charge >= 0.3 is 0 Å². The van der Waals surface area contributed by atoms with E-state index < -0.39 is 10.0 Å². The van der Waals surface area contributed by atoms with Crippen LogP contribution in [0.3, 0.4) is 0 Å². The molecule has 1 aliphatic heterocycles. The number of piperidine rings is 1. The molecule has 0 N–H and O–H groups in total. The van der Waals surface area contributed by atoms with Crippen molar-refractivity contribution in [2.75, 3.05) is 32.6 Å². The van der Waals surface area contributed by atoms with E-state index in [9.17, 15) is 8.42 Å². The van der Waals surface area contributed by atoms with Crippen LogP contribution in [0.5, 0.6) is 0 Å². The average molecular weight is 333 g/mol. The van der Waals surface area contributed by atoms with Crippen molar-refractivity contribution >= 4 is 10.0 Å². The van der Waals surface area contributed by atoms with Crippen molar-refractivity contribution in [1.29, 1.82) is 0 Å². The SMILES string of the molecule is CCS(=O)(=O)N1CCC[C@@H](OCc2nc(CCOC)no2)C1. The van der Waals surface area contributed by atoms with Crippen molar-refractivity contribution in [2.24, 2.45) is 0 Å². The van der Waals surface area contributed by atoms with E-state index in [1.165, 1.54) is 4.31 Å². The van der Waals surface area contributed by atoms with Crippen molar-refractivity contribution < 1.29 is 22.4 Å². The van der Waals surface area contributed by atoms with E-state index in [-0.39, 0.29) is 18.5 Å². The first kappa shape index (κ1) is 17.3. The Bertz CT molecular complexity index is 560. The van der Waals surface area contributed by atoms with Gasteiger partial charge in [0.15, 0.2) is 5.82 Å². The van der Waals surface area contributed by atoms with Crippen LogP contribution in [0.15, 0.2) is 4.52 Å². The third kappa shape index (κ3) is 4.73. The van der Waals surface area contributed by atoms with E-state index in [1.807, 2.05) is 0 Å². The lowest BCUT2D eigenvalue weighted by atomic mass is 10.1. The maximum Gasteiger partial charge on any atom is 0.252 e. The standard InChI is InChI=1S/C13H23N3O5S/c1-3-22(17,18)16-7-4-5-11(9-16)20-10-13-14-12(15-21-13)6-8-19-2/h11H,3-10H2,1-2H3/t11-/m1/s1. The minimum Gasteiger partial charge on any atom is -0.384 e. The van der Waals surface area contributed by atoms with Crippen LogP contribution in [0.25, 0.3) is 0 Å². The van der Waals surface area contributed by atoms with Crippen LogP contribution in [0.4, 0.5) is 0 Å². The van der Waals surface area contributed by atoms with Gasteiger partial charge in [0.25, 0.3) is 5.89 Å². The van der Waals surface area contributed by atoms with E-state index >= 15 is 0 Å². The highest BCUT2D eigenvalue weighted by Crippen LogP contribution is 2.17. The highest BCUT2D eigenvalue weighted by atomic mass is 32.2. The fourth-order valence-electron chi connectivity index (χ4n) is 2.31. The lowest BCUT2D eigenvalue weighted by Gasteiger charge is -2.31. The summed E-state index contributed by atoms with van der Waals surface area (Å²) < 4.78 is 41.1. The fraction of sp³-hybridized carbons (Fsp3) is 0.846. The first-order valence-corrected chi connectivity index (χ1v) is 9.06. The van der Waals surface area contributed by atoms with Crippen LogP contribution in [0.2, 0.25) is 0 Å². The zero-order valence-electron chi connectivity index (χ0n) is 13.0. The Morgan fingerprint density at radius 1 is 1.45 bits per heavy atom. The van der Waals surface area contributed by atoms with E-state index in [0.717, 1.165) is 12.8 Å². The molecule has 1 aliphatic rings. The van der Waals surface area contributed by atoms with E-state index in [0.29, 0.717) is 37.8 Å². The number of ether oxygens (including phenoxy) is 2. The number of hydrogen-bond acceptors (Lipinski definition) is 7. The second-order valence-corrected chi connectivity index (χ2v) is 7.44. The number of sulfonamides is 1. The number of rotatable bonds is 8. The van der Waals surface area contributed by atoms with Gasteiger partial charge in [0.2, 0.25) is 10.0 Å². The monoisotopic (exact) mass is 333 g/mol. The van der Waals surface area contributed by atoms with Crippen LogP contribution in [0.1, 0.15) is 31.5 Å². The molecule has 126 valence electrons. The second-order valence-electron chi connectivity index (χ2n) is 5.18. The van der Waals surface area contributed by atoms with Gasteiger partial charge in [0.1, 0.15) is 6.61 Å². The van der Waals surface area contributed by atoms with Crippen molar-refractivity contribution in [3.8, 4) is 0 Å². The van der Waals surface area contributed by atoms with Gasteiger partial charge in [-0.1, -0.05) is 5.16 Å². The van der Waals surface area contributed by atoms with E-state index in [1.54, 1.807) is 14.0 Å². The summed E-state index contributed by atoms with van der Waals surface area (Å²) in [5.74, 6) is 1.10. The predicted molar refractivity (Wildman–Crippen MR) is 78.7 cm³/mol. The van der Waals surface area contributed by atoms with Crippen LogP contribution in [-0.4, -0.2) is 61.5 Å². The number of hydrogen-bond donors (Lipinski definition) is 0. The Hall–Kier alpha value is -1.03. The number of methoxy groups -OCH3 is 1. The molecule has 0 radical (unpaired) electrons. The molecule has 0 amide bonds. The van der Waals surface area contributed by atoms with E-state index in [2.05, 4.69) is 10.1 Å². The molecule has 2 heterocycles. The smallest absolute Gasteiger partial charge is 0.252 e. The van der Waals surface area contributed by atoms with Gasteiger partial charge < -0.3 is 14.0 Å². The molecular weight excluding hydrogens is 310 g/mol. The van der Waals surface area contributed by atoms with Crippen molar-refractivity contribution in [1.82, 2.24) is 14.4 Å². The van der Waals surface area contributed by atoms with Crippen molar-refractivity contribution in [3.63, 3.8) is 0 Å². The number of nitrogens with zero attached hydrogens (tertiary/aromatic N) is 3. The average Bonchev–Trinajstić information content (AvgIpc) is 2.99. The fourth-order valence-corrected chi connectivity index (χ4v) is 3.47. The third-order valence-electron chi connectivity index (χ3n) is 3.58. The van der Waals surface area contributed by atoms with E-state index in [4.69, 9.17) is 14.0 Å². The van der Waals surface area contributed by atoms with Crippen molar-refractivity contribution in [2.45, 2.75) is 38.9 Å². The predicted octanol–water partition coefficient (Wildman–Crippen LogP) is 0.589. The van der Waals surface area contributed by atoms with Gasteiger partial charge in [0.05, 0.1) is 18.5 Å². The first-order chi connectivity index (χ1) is 10.5. The minimum absolute atomic E-state index is 0.117. The topological polar surface area (TPSA) is 94.8 Å². The molecule has 0 saturated carbocycles. The van der Waals surface area contributed by atoms with Gasteiger partial charge in [-0.3, -0.25) is 0 Å². The molecule has 0 aromatic carbocycles. The highest BCUT2D eigenvalue weighted by Gasteiger charge is 2.28. The second kappa shape index (κ2) is 8.00.